The quantitative estimate of drug-likeness (QED) is 0.764. The topological polar surface area (TPSA) is 48.4 Å². The van der Waals surface area contributed by atoms with Crippen LogP contribution in [0.25, 0.3) is 0 Å². The molecule has 4 heteroatoms. The van der Waals surface area contributed by atoms with Crippen molar-refractivity contribution in [3.63, 3.8) is 0 Å². The highest BCUT2D eigenvalue weighted by Gasteiger charge is 2.09. The second-order valence-electron chi connectivity index (χ2n) is 5.18. The molecule has 18 heavy (non-hydrogen) atoms. The van der Waals surface area contributed by atoms with Crippen LogP contribution in [0.15, 0.2) is 18.2 Å². The van der Waals surface area contributed by atoms with E-state index in [9.17, 15) is 5.11 Å². The van der Waals surface area contributed by atoms with Gasteiger partial charge in [-0.05, 0) is 26.1 Å². The molecule has 1 atom stereocenters. The Morgan fingerprint density at radius 3 is 2.72 bits per heavy atom. The van der Waals surface area contributed by atoms with Crippen molar-refractivity contribution in [1.82, 2.24) is 15.2 Å². The summed E-state index contributed by atoms with van der Waals surface area (Å²) in [6.45, 7) is 8.18. The molecule has 0 saturated carbocycles. The minimum absolute atomic E-state index is 0.345. The molecular weight excluding hydrogens is 226 g/mol. The minimum Gasteiger partial charge on any atom is -0.390 e. The highest BCUT2D eigenvalue weighted by molar-refractivity contribution is 5.09. The lowest BCUT2D eigenvalue weighted by Crippen LogP contribution is -2.38. The largest absolute Gasteiger partial charge is 0.390 e. The van der Waals surface area contributed by atoms with Crippen LogP contribution in [-0.2, 0) is 6.54 Å². The molecule has 0 aliphatic heterocycles. The van der Waals surface area contributed by atoms with Gasteiger partial charge in [0.15, 0.2) is 0 Å². The van der Waals surface area contributed by atoms with Crippen molar-refractivity contribution in [1.29, 1.82) is 0 Å². The fourth-order valence-electron chi connectivity index (χ4n) is 1.82. The third-order valence-corrected chi connectivity index (χ3v) is 2.66. The molecule has 0 aliphatic carbocycles. The number of aryl methyl sites for hydroxylation is 1. The summed E-state index contributed by atoms with van der Waals surface area (Å²) < 4.78 is 0. The Balaban J connectivity index is 2.34. The van der Waals surface area contributed by atoms with Crippen molar-refractivity contribution < 1.29 is 5.11 Å². The summed E-state index contributed by atoms with van der Waals surface area (Å²) in [5.41, 5.74) is 2.07. The summed E-state index contributed by atoms with van der Waals surface area (Å²) in [6.07, 6.45) is -0.345. The first-order valence-electron chi connectivity index (χ1n) is 6.50. The molecule has 0 amide bonds. The smallest absolute Gasteiger partial charge is 0.0791 e. The summed E-state index contributed by atoms with van der Waals surface area (Å²) in [7, 11) is 2.00. The van der Waals surface area contributed by atoms with E-state index in [4.69, 9.17) is 0 Å². The average Bonchev–Trinajstić information content (AvgIpc) is 2.26. The Morgan fingerprint density at radius 1 is 1.39 bits per heavy atom. The van der Waals surface area contributed by atoms with Crippen LogP contribution in [0.3, 0.4) is 0 Å². The number of aliphatic hydroxyl groups is 1. The zero-order valence-corrected chi connectivity index (χ0v) is 11.8. The van der Waals surface area contributed by atoms with Crippen LogP contribution in [0.5, 0.6) is 0 Å². The van der Waals surface area contributed by atoms with Gasteiger partial charge >= 0.3 is 0 Å². The number of hydrogen-bond donors (Lipinski definition) is 2. The molecule has 1 unspecified atom stereocenters. The van der Waals surface area contributed by atoms with Gasteiger partial charge < -0.3 is 10.4 Å². The van der Waals surface area contributed by atoms with Crippen molar-refractivity contribution >= 4 is 0 Å². The highest BCUT2D eigenvalue weighted by Crippen LogP contribution is 2.02. The molecular formula is C14H25N3O. The van der Waals surface area contributed by atoms with Gasteiger partial charge in [0.2, 0.25) is 0 Å². The van der Waals surface area contributed by atoms with E-state index in [0.29, 0.717) is 19.1 Å². The number of aliphatic hydroxyl groups excluding tert-OH is 1. The average molecular weight is 251 g/mol. The Hall–Kier alpha value is -0.970. The molecule has 0 radical (unpaired) electrons. The third kappa shape index (κ3) is 6.10. The molecule has 0 bridgehead atoms. The third-order valence-electron chi connectivity index (χ3n) is 2.66. The van der Waals surface area contributed by atoms with Gasteiger partial charge in [0, 0.05) is 31.4 Å². The SMILES string of the molecule is Cc1cccc(CN(C)CC(O)CNC(C)C)n1. The van der Waals surface area contributed by atoms with Crippen molar-refractivity contribution in [3.8, 4) is 0 Å². The molecule has 0 aromatic carbocycles. The van der Waals surface area contributed by atoms with Crippen LogP contribution < -0.4 is 5.32 Å². The molecule has 1 aromatic rings. The molecule has 0 aliphatic rings. The maximum atomic E-state index is 9.88. The second-order valence-corrected chi connectivity index (χ2v) is 5.18. The standard InChI is InChI=1S/C14H25N3O/c1-11(2)15-8-14(18)10-17(4)9-13-7-5-6-12(3)16-13/h5-7,11,14-15,18H,8-10H2,1-4H3. The number of pyridine rings is 1. The maximum Gasteiger partial charge on any atom is 0.0791 e. The Labute approximate surface area is 110 Å². The zero-order chi connectivity index (χ0) is 13.5. The van der Waals surface area contributed by atoms with Crippen LogP contribution >= 0.6 is 0 Å². The van der Waals surface area contributed by atoms with Gasteiger partial charge in [0.05, 0.1) is 11.8 Å². The zero-order valence-electron chi connectivity index (χ0n) is 11.8. The van der Waals surface area contributed by atoms with E-state index in [0.717, 1.165) is 17.9 Å². The second kappa shape index (κ2) is 7.46. The predicted octanol–water partition coefficient (Wildman–Crippen LogP) is 1.18. The summed E-state index contributed by atoms with van der Waals surface area (Å²) in [5, 5.41) is 13.1. The molecule has 0 saturated heterocycles. The number of aromatic nitrogens is 1. The highest BCUT2D eigenvalue weighted by atomic mass is 16.3. The van der Waals surface area contributed by atoms with Gasteiger partial charge in [0.1, 0.15) is 0 Å². The van der Waals surface area contributed by atoms with Crippen molar-refractivity contribution in [2.24, 2.45) is 0 Å². The summed E-state index contributed by atoms with van der Waals surface area (Å²) in [4.78, 5) is 6.55. The Kier molecular flexibility index (Phi) is 6.25. The number of nitrogens with one attached hydrogen (secondary N) is 1. The lowest BCUT2D eigenvalue weighted by Gasteiger charge is -2.21. The number of likely N-dealkylation sites (N-methyl/N-ethyl adjacent to an activating group) is 1. The lowest BCUT2D eigenvalue weighted by molar-refractivity contribution is 0.119. The van der Waals surface area contributed by atoms with Crippen LogP contribution in [0.4, 0.5) is 0 Å². The monoisotopic (exact) mass is 251 g/mol. The molecule has 102 valence electrons. The van der Waals surface area contributed by atoms with Gasteiger partial charge in [-0.3, -0.25) is 9.88 Å². The van der Waals surface area contributed by atoms with Gasteiger partial charge in [-0.2, -0.15) is 0 Å². The fraction of sp³-hybridized carbons (Fsp3) is 0.643. The van der Waals surface area contributed by atoms with Crippen molar-refractivity contribution in [3.05, 3.63) is 29.6 Å². The van der Waals surface area contributed by atoms with E-state index in [1.54, 1.807) is 0 Å². The van der Waals surface area contributed by atoms with E-state index in [1.165, 1.54) is 0 Å². The maximum absolute atomic E-state index is 9.88. The Bertz CT molecular complexity index is 355. The fourth-order valence-corrected chi connectivity index (χ4v) is 1.82. The normalized spacial score (nSPS) is 13.3. The first kappa shape index (κ1) is 15.1. The number of nitrogens with zero attached hydrogens (tertiary/aromatic N) is 2. The molecule has 1 rings (SSSR count). The van der Waals surface area contributed by atoms with Gasteiger partial charge in [-0.15, -0.1) is 0 Å². The van der Waals surface area contributed by atoms with Gasteiger partial charge in [-0.1, -0.05) is 19.9 Å². The van der Waals surface area contributed by atoms with Crippen LogP contribution in [-0.4, -0.2) is 47.3 Å². The van der Waals surface area contributed by atoms with E-state index < -0.39 is 0 Å². The first-order chi connectivity index (χ1) is 8.47. The van der Waals surface area contributed by atoms with Crippen LogP contribution in [0, 0.1) is 6.92 Å². The number of hydrogen-bond acceptors (Lipinski definition) is 4. The molecule has 1 aromatic heterocycles. The summed E-state index contributed by atoms with van der Waals surface area (Å²) in [5.74, 6) is 0. The number of rotatable bonds is 7. The lowest BCUT2D eigenvalue weighted by atomic mass is 10.2. The van der Waals surface area contributed by atoms with Gasteiger partial charge in [-0.25, -0.2) is 0 Å². The molecule has 2 N–H and O–H groups in total. The van der Waals surface area contributed by atoms with E-state index >= 15 is 0 Å². The minimum atomic E-state index is -0.345. The first-order valence-corrected chi connectivity index (χ1v) is 6.50. The van der Waals surface area contributed by atoms with Crippen molar-refractivity contribution in [2.75, 3.05) is 20.1 Å². The van der Waals surface area contributed by atoms with Crippen LogP contribution in [0.1, 0.15) is 25.2 Å². The molecule has 0 spiro atoms. The van der Waals surface area contributed by atoms with E-state index in [2.05, 4.69) is 29.0 Å². The van der Waals surface area contributed by atoms with Crippen molar-refractivity contribution in [2.45, 2.75) is 39.5 Å². The van der Waals surface area contributed by atoms with Gasteiger partial charge in [0.25, 0.3) is 0 Å². The van der Waals surface area contributed by atoms with Crippen LogP contribution in [0.2, 0.25) is 0 Å². The van der Waals surface area contributed by atoms with E-state index in [-0.39, 0.29) is 6.10 Å². The molecule has 0 fully saturated rings. The predicted molar refractivity (Wildman–Crippen MR) is 74.5 cm³/mol. The molecule has 4 nitrogen and oxygen atoms in total. The summed E-state index contributed by atoms with van der Waals surface area (Å²) >= 11 is 0. The van der Waals surface area contributed by atoms with E-state index in [1.807, 2.05) is 32.2 Å². The molecule has 1 heterocycles. The Morgan fingerprint density at radius 2 is 2.11 bits per heavy atom. The summed E-state index contributed by atoms with van der Waals surface area (Å²) in [6, 6.07) is 6.43.